The quantitative estimate of drug-likeness (QED) is 0.308. The molecule has 0 fully saturated rings. The van der Waals surface area contributed by atoms with Crippen LogP contribution in [0.3, 0.4) is 0 Å². The van der Waals surface area contributed by atoms with Crippen LogP contribution in [0.2, 0.25) is 0 Å². The molecule has 0 aromatic heterocycles. The van der Waals surface area contributed by atoms with Gasteiger partial charge in [0.15, 0.2) is 5.78 Å². The number of carbonyl (C=O) groups is 2. The van der Waals surface area contributed by atoms with E-state index < -0.39 is 5.91 Å². The molecule has 27 heavy (non-hydrogen) atoms. The predicted octanol–water partition coefficient (Wildman–Crippen LogP) is 3.85. The summed E-state index contributed by atoms with van der Waals surface area (Å²) in [7, 11) is 0. The molecule has 0 aliphatic heterocycles. The number of amides is 1. The van der Waals surface area contributed by atoms with Gasteiger partial charge >= 0.3 is 0 Å². The summed E-state index contributed by atoms with van der Waals surface area (Å²) in [5, 5.41) is 14.9. The monoisotopic (exact) mass is 361 g/mol. The first-order chi connectivity index (χ1) is 13.1. The Kier molecular flexibility index (Phi) is 7.80. The Morgan fingerprint density at radius 3 is 2.37 bits per heavy atom. The number of nitriles is 1. The normalized spacial score (nSPS) is 10.7. The largest absolute Gasteiger partial charge is 0.390 e. The molecule has 0 saturated heterocycles. The average Bonchev–Trinajstić information content (AvgIpc) is 2.68. The summed E-state index contributed by atoms with van der Waals surface area (Å²) in [6.07, 6.45) is 4.43. The molecule has 1 amide bonds. The number of anilines is 1. The van der Waals surface area contributed by atoms with Crippen molar-refractivity contribution in [3.05, 3.63) is 77.5 Å². The Morgan fingerprint density at radius 2 is 1.74 bits per heavy atom. The van der Waals surface area contributed by atoms with Crippen molar-refractivity contribution < 1.29 is 9.59 Å². The number of nitrogens with zero attached hydrogens (tertiary/aromatic N) is 1. The van der Waals surface area contributed by atoms with E-state index in [1.807, 2.05) is 24.3 Å². The number of Topliss-reactive ketones (excluding diaryl/α,β-unsaturated/α-hetero) is 1. The van der Waals surface area contributed by atoms with Crippen LogP contribution >= 0.6 is 0 Å². The fourth-order valence-corrected chi connectivity index (χ4v) is 2.51. The van der Waals surface area contributed by atoms with Crippen molar-refractivity contribution in [1.82, 2.24) is 5.32 Å². The van der Waals surface area contributed by atoms with Gasteiger partial charge in [-0.2, -0.15) is 5.26 Å². The summed E-state index contributed by atoms with van der Waals surface area (Å²) in [6, 6.07) is 18.7. The van der Waals surface area contributed by atoms with Crippen LogP contribution in [0.15, 0.2) is 66.4 Å². The van der Waals surface area contributed by atoms with Crippen molar-refractivity contribution in [2.45, 2.75) is 26.2 Å². The number of rotatable bonds is 9. The van der Waals surface area contributed by atoms with Gasteiger partial charge in [-0.25, -0.2) is 0 Å². The molecule has 0 radical (unpaired) electrons. The zero-order valence-electron chi connectivity index (χ0n) is 15.4. The van der Waals surface area contributed by atoms with Gasteiger partial charge in [-0.05, 0) is 56.0 Å². The lowest BCUT2D eigenvalue weighted by Gasteiger charge is -2.06. The van der Waals surface area contributed by atoms with Gasteiger partial charge in [-0.1, -0.05) is 30.3 Å². The highest BCUT2D eigenvalue weighted by atomic mass is 16.1. The molecular weight excluding hydrogens is 338 g/mol. The van der Waals surface area contributed by atoms with Crippen LogP contribution in [-0.4, -0.2) is 18.2 Å². The molecule has 0 spiro atoms. The SMILES string of the molecule is CC(=O)c1ccc(NC(=O)/C(C#N)=C\NCCCCc2ccccc2)cc1. The fourth-order valence-electron chi connectivity index (χ4n) is 2.51. The van der Waals surface area contributed by atoms with E-state index in [0.717, 1.165) is 19.3 Å². The van der Waals surface area contributed by atoms with Gasteiger partial charge in [-0.3, -0.25) is 9.59 Å². The second-order valence-corrected chi connectivity index (χ2v) is 6.15. The van der Waals surface area contributed by atoms with Crippen LogP contribution < -0.4 is 10.6 Å². The number of unbranched alkanes of at least 4 members (excludes halogenated alkanes) is 1. The van der Waals surface area contributed by atoms with E-state index >= 15 is 0 Å². The van der Waals surface area contributed by atoms with Crippen LogP contribution in [0.25, 0.3) is 0 Å². The van der Waals surface area contributed by atoms with Crippen LogP contribution in [0.1, 0.15) is 35.7 Å². The maximum Gasteiger partial charge on any atom is 0.267 e. The van der Waals surface area contributed by atoms with Crippen molar-refractivity contribution in [3.8, 4) is 6.07 Å². The second-order valence-electron chi connectivity index (χ2n) is 6.15. The lowest BCUT2D eigenvalue weighted by molar-refractivity contribution is -0.112. The van der Waals surface area contributed by atoms with E-state index in [1.54, 1.807) is 24.3 Å². The molecule has 0 aliphatic rings. The van der Waals surface area contributed by atoms with Crippen molar-refractivity contribution in [1.29, 1.82) is 5.26 Å². The number of carbonyl (C=O) groups excluding carboxylic acids is 2. The number of benzene rings is 2. The standard InChI is InChI=1S/C22H23N3O2/c1-17(26)19-10-12-21(13-11-19)25-22(27)20(15-23)16-24-14-6-5-9-18-7-3-2-4-8-18/h2-4,7-8,10-13,16,24H,5-6,9,14H2,1H3,(H,25,27)/b20-16-. The van der Waals surface area contributed by atoms with E-state index in [0.29, 0.717) is 17.8 Å². The first kappa shape index (κ1) is 19.9. The van der Waals surface area contributed by atoms with Gasteiger partial charge in [0.1, 0.15) is 11.6 Å². The number of ketones is 1. The van der Waals surface area contributed by atoms with Crippen LogP contribution in [0.5, 0.6) is 0 Å². The second kappa shape index (κ2) is 10.6. The van der Waals surface area contributed by atoms with Gasteiger partial charge < -0.3 is 10.6 Å². The highest BCUT2D eigenvalue weighted by Gasteiger charge is 2.09. The van der Waals surface area contributed by atoms with E-state index in [9.17, 15) is 14.9 Å². The zero-order valence-corrected chi connectivity index (χ0v) is 15.4. The Hall–Kier alpha value is -3.39. The Morgan fingerprint density at radius 1 is 1.04 bits per heavy atom. The molecule has 2 aromatic carbocycles. The summed E-state index contributed by atoms with van der Waals surface area (Å²) in [4.78, 5) is 23.4. The molecule has 0 unspecified atom stereocenters. The third-order valence-corrected chi connectivity index (χ3v) is 4.04. The Balaban J connectivity index is 1.76. The zero-order chi connectivity index (χ0) is 19.5. The Labute approximate surface area is 159 Å². The van der Waals surface area contributed by atoms with Gasteiger partial charge in [0, 0.05) is 24.0 Å². The number of aryl methyl sites for hydroxylation is 1. The van der Waals surface area contributed by atoms with Gasteiger partial charge in [0.2, 0.25) is 0 Å². The number of hydrogen-bond donors (Lipinski definition) is 2. The highest BCUT2D eigenvalue weighted by Crippen LogP contribution is 2.11. The lowest BCUT2D eigenvalue weighted by Crippen LogP contribution is -2.17. The van der Waals surface area contributed by atoms with Crippen LogP contribution in [-0.2, 0) is 11.2 Å². The minimum Gasteiger partial charge on any atom is -0.390 e. The molecule has 5 heteroatoms. The Bertz CT molecular complexity index is 834. The minimum atomic E-state index is -0.482. The number of nitrogens with one attached hydrogen (secondary N) is 2. The van der Waals surface area contributed by atoms with Crippen molar-refractivity contribution in [2.75, 3.05) is 11.9 Å². The first-order valence-electron chi connectivity index (χ1n) is 8.90. The van der Waals surface area contributed by atoms with Gasteiger partial charge in [0.25, 0.3) is 5.91 Å². The summed E-state index contributed by atoms with van der Waals surface area (Å²) in [5.41, 5.74) is 2.42. The fraction of sp³-hybridized carbons (Fsp3) is 0.227. The van der Waals surface area contributed by atoms with E-state index in [1.165, 1.54) is 18.7 Å². The third kappa shape index (κ3) is 6.79. The molecule has 0 heterocycles. The molecule has 2 aromatic rings. The smallest absolute Gasteiger partial charge is 0.267 e. The molecule has 5 nitrogen and oxygen atoms in total. The summed E-state index contributed by atoms with van der Waals surface area (Å²) in [6.45, 7) is 2.17. The highest BCUT2D eigenvalue weighted by molar-refractivity contribution is 6.06. The van der Waals surface area contributed by atoms with Gasteiger partial charge in [-0.15, -0.1) is 0 Å². The average molecular weight is 361 g/mol. The summed E-state index contributed by atoms with van der Waals surface area (Å²) >= 11 is 0. The predicted molar refractivity (Wildman–Crippen MR) is 106 cm³/mol. The van der Waals surface area contributed by atoms with Crippen molar-refractivity contribution in [2.24, 2.45) is 0 Å². The maximum atomic E-state index is 12.2. The molecule has 0 atom stereocenters. The van der Waals surface area contributed by atoms with Gasteiger partial charge in [0.05, 0.1) is 0 Å². The molecule has 0 aliphatic carbocycles. The van der Waals surface area contributed by atoms with E-state index in [-0.39, 0.29) is 11.4 Å². The number of hydrogen-bond acceptors (Lipinski definition) is 4. The maximum absolute atomic E-state index is 12.2. The molecule has 2 N–H and O–H groups in total. The molecular formula is C22H23N3O2. The van der Waals surface area contributed by atoms with Crippen LogP contribution in [0, 0.1) is 11.3 Å². The third-order valence-electron chi connectivity index (χ3n) is 4.04. The topological polar surface area (TPSA) is 82.0 Å². The van der Waals surface area contributed by atoms with E-state index in [4.69, 9.17) is 0 Å². The molecule has 2 rings (SSSR count). The molecule has 0 bridgehead atoms. The van der Waals surface area contributed by atoms with Crippen molar-refractivity contribution >= 4 is 17.4 Å². The molecule has 138 valence electrons. The first-order valence-corrected chi connectivity index (χ1v) is 8.90. The summed E-state index contributed by atoms with van der Waals surface area (Å²) in [5.74, 6) is -0.521. The molecule has 0 saturated carbocycles. The van der Waals surface area contributed by atoms with Crippen molar-refractivity contribution in [3.63, 3.8) is 0 Å². The lowest BCUT2D eigenvalue weighted by atomic mass is 10.1. The summed E-state index contributed by atoms with van der Waals surface area (Å²) < 4.78 is 0. The van der Waals surface area contributed by atoms with Crippen LogP contribution in [0.4, 0.5) is 5.69 Å². The van der Waals surface area contributed by atoms with E-state index in [2.05, 4.69) is 22.8 Å². The minimum absolute atomic E-state index is 0.00806.